The first-order chi connectivity index (χ1) is 11.9. The summed E-state index contributed by atoms with van der Waals surface area (Å²) in [6.07, 6.45) is 0.561. The van der Waals surface area contributed by atoms with Crippen molar-refractivity contribution in [1.29, 1.82) is 0 Å². The number of halogens is 2. The molecule has 2 amide bonds. The van der Waals surface area contributed by atoms with Gasteiger partial charge in [-0.05, 0) is 19.1 Å². The zero-order valence-corrected chi connectivity index (χ0v) is 14.7. The van der Waals surface area contributed by atoms with Gasteiger partial charge in [0.1, 0.15) is 5.82 Å². The Labute approximate surface area is 149 Å². The molecule has 2 aromatic rings. The molecule has 1 aliphatic rings. The molecule has 1 atom stereocenters. The first-order valence-electron chi connectivity index (χ1n) is 7.92. The first-order valence-corrected chi connectivity index (χ1v) is 8.30. The highest BCUT2D eigenvalue weighted by Crippen LogP contribution is 2.26. The molecule has 1 aliphatic heterocycles. The fourth-order valence-electron chi connectivity index (χ4n) is 2.94. The average Bonchev–Trinajstić information content (AvgIpc) is 2.55. The molecule has 8 heteroatoms. The number of carbonyl (C=O) groups excluding carboxylic acids is 1. The summed E-state index contributed by atoms with van der Waals surface area (Å²) in [5.41, 5.74) is 1.59. The van der Waals surface area contributed by atoms with E-state index in [1.54, 1.807) is 24.9 Å². The van der Waals surface area contributed by atoms with Crippen molar-refractivity contribution in [3.05, 3.63) is 62.3 Å². The maximum Gasteiger partial charge on any atom is 0.318 e. The van der Waals surface area contributed by atoms with Gasteiger partial charge in [-0.3, -0.25) is 4.79 Å². The van der Waals surface area contributed by atoms with Gasteiger partial charge in [0.25, 0.3) is 5.56 Å². The summed E-state index contributed by atoms with van der Waals surface area (Å²) in [4.78, 5) is 25.8. The fourth-order valence-corrected chi connectivity index (χ4v) is 3.27. The summed E-state index contributed by atoms with van der Waals surface area (Å²) < 4.78 is 15.3. The molecule has 0 aliphatic carbocycles. The Kier molecular flexibility index (Phi) is 4.76. The summed E-state index contributed by atoms with van der Waals surface area (Å²) >= 11 is 6.04. The van der Waals surface area contributed by atoms with Crippen molar-refractivity contribution in [2.45, 2.75) is 25.9 Å². The van der Waals surface area contributed by atoms with E-state index in [1.807, 2.05) is 0 Å². The lowest BCUT2D eigenvalue weighted by Crippen LogP contribution is -2.44. The van der Waals surface area contributed by atoms with Gasteiger partial charge in [-0.15, -0.1) is 0 Å². The number of fused-ring (bicyclic) bond motifs is 1. The van der Waals surface area contributed by atoms with Crippen LogP contribution in [0.5, 0.6) is 0 Å². The summed E-state index contributed by atoms with van der Waals surface area (Å²) in [6.45, 7) is 2.45. The molecular weight excluding hydrogens is 347 g/mol. The van der Waals surface area contributed by atoms with Crippen molar-refractivity contribution in [1.82, 2.24) is 20.0 Å². The molecule has 1 aromatic carbocycles. The molecule has 0 saturated heterocycles. The van der Waals surface area contributed by atoms with Crippen LogP contribution < -0.4 is 10.9 Å². The number of hydrogen-bond donors (Lipinski definition) is 1. The molecule has 1 unspecified atom stereocenters. The van der Waals surface area contributed by atoms with Crippen LogP contribution in [-0.4, -0.2) is 27.3 Å². The Morgan fingerprint density at radius 2 is 2.20 bits per heavy atom. The van der Waals surface area contributed by atoms with Crippen LogP contribution in [0.25, 0.3) is 0 Å². The smallest absolute Gasteiger partial charge is 0.318 e. The van der Waals surface area contributed by atoms with Crippen LogP contribution in [0.4, 0.5) is 9.18 Å². The van der Waals surface area contributed by atoms with Crippen molar-refractivity contribution in [2.24, 2.45) is 7.05 Å². The molecule has 3 rings (SSSR count). The Balaban J connectivity index is 1.74. The summed E-state index contributed by atoms with van der Waals surface area (Å²) in [5.74, 6) is -0.461. The average molecular weight is 365 g/mol. The number of aromatic nitrogens is 2. The molecule has 1 aromatic heterocycles. The quantitative estimate of drug-likeness (QED) is 0.889. The van der Waals surface area contributed by atoms with Crippen LogP contribution in [-0.2, 0) is 20.0 Å². The van der Waals surface area contributed by atoms with E-state index in [0.29, 0.717) is 19.5 Å². The molecule has 0 spiro atoms. The van der Waals surface area contributed by atoms with Crippen molar-refractivity contribution < 1.29 is 9.18 Å². The Bertz CT molecular complexity index is 863. The standard InChI is InChI=1S/C17H18ClFN4O2/c1-10(16-12(18)4-3-5-13(16)19)20-17(25)23-7-6-14-11(9-23)8-15(24)22(2)21-14/h3-5,8,10H,6-7,9H2,1-2H3,(H,20,25). The Morgan fingerprint density at radius 1 is 1.44 bits per heavy atom. The molecule has 2 heterocycles. The highest BCUT2D eigenvalue weighted by atomic mass is 35.5. The van der Waals surface area contributed by atoms with E-state index in [1.165, 1.54) is 22.9 Å². The van der Waals surface area contributed by atoms with Gasteiger partial charge in [0.05, 0.1) is 11.7 Å². The number of nitrogens with zero attached hydrogens (tertiary/aromatic N) is 3. The molecule has 25 heavy (non-hydrogen) atoms. The molecule has 0 radical (unpaired) electrons. The van der Waals surface area contributed by atoms with Crippen molar-refractivity contribution in [2.75, 3.05) is 6.54 Å². The topological polar surface area (TPSA) is 67.2 Å². The van der Waals surface area contributed by atoms with E-state index < -0.39 is 11.9 Å². The van der Waals surface area contributed by atoms with Gasteiger partial charge in [0, 0.05) is 48.8 Å². The third-order valence-electron chi connectivity index (χ3n) is 4.30. The van der Waals surface area contributed by atoms with E-state index in [4.69, 9.17) is 11.6 Å². The number of amides is 2. The number of hydrogen-bond acceptors (Lipinski definition) is 3. The third-order valence-corrected chi connectivity index (χ3v) is 4.63. The number of rotatable bonds is 2. The van der Waals surface area contributed by atoms with E-state index in [-0.39, 0.29) is 22.2 Å². The Hall–Kier alpha value is -2.41. The first kappa shape index (κ1) is 17.4. The monoisotopic (exact) mass is 364 g/mol. The van der Waals surface area contributed by atoms with Crippen molar-refractivity contribution in [3.8, 4) is 0 Å². The number of benzene rings is 1. The van der Waals surface area contributed by atoms with E-state index in [2.05, 4.69) is 10.4 Å². The van der Waals surface area contributed by atoms with Gasteiger partial charge < -0.3 is 10.2 Å². The number of nitrogens with one attached hydrogen (secondary N) is 1. The third kappa shape index (κ3) is 3.51. The number of urea groups is 1. The minimum absolute atomic E-state index is 0.215. The lowest BCUT2D eigenvalue weighted by molar-refractivity contribution is 0.188. The maximum atomic E-state index is 14.0. The Morgan fingerprint density at radius 3 is 2.92 bits per heavy atom. The normalized spacial score (nSPS) is 14.8. The van der Waals surface area contributed by atoms with E-state index in [9.17, 15) is 14.0 Å². The van der Waals surface area contributed by atoms with Crippen molar-refractivity contribution >= 4 is 17.6 Å². The predicted molar refractivity (Wildman–Crippen MR) is 91.9 cm³/mol. The minimum atomic E-state index is -0.579. The SMILES string of the molecule is CC(NC(=O)N1CCc2nn(C)c(=O)cc2C1)c1c(F)cccc1Cl. The van der Waals surface area contributed by atoms with E-state index in [0.717, 1.165) is 11.3 Å². The minimum Gasteiger partial charge on any atom is -0.331 e. The van der Waals surface area contributed by atoms with Gasteiger partial charge in [0.15, 0.2) is 0 Å². The largest absolute Gasteiger partial charge is 0.331 e. The molecule has 0 fully saturated rings. The highest BCUT2D eigenvalue weighted by Gasteiger charge is 2.25. The maximum absolute atomic E-state index is 14.0. The second-order valence-electron chi connectivity index (χ2n) is 6.06. The van der Waals surface area contributed by atoms with Crippen molar-refractivity contribution in [3.63, 3.8) is 0 Å². The molecule has 0 saturated carbocycles. The molecule has 0 bridgehead atoms. The second kappa shape index (κ2) is 6.84. The second-order valence-corrected chi connectivity index (χ2v) is 6.46. The number of carbonyl (C=O) groups is 1. The molecular formula is C17H18ClFN4O2. The molecule has 6 nitrogen and oxygen atoms in total. The predicted octanol–water partition coefficient (Wildman–Crippen LogP) is 2.40. The summed E-state index contributed by atoms with van der Waals surface area (Å²) in [5, 5.41) is 7.25. The molecule has 132 valence electrons. The van der Waals surface area contributed by atoms with Crippen LogP contribution in [0.15, 0.2) is 29.1 Å². The van der Waals surface area contributed by atoms with Crippen LogP contribution >= 0.6 is 11.6 Å². The highest BCUT2D eigenvalue weighted by molar-refractivity contribution is 6.31. The zero-order valence-electron chi connectivity index (χ0n) is 13.9. The van der Waals surface area contributed by atoms with Gasteiger partial charge in [-0.25, -0.2) is 13.9 Å². The van der Waals surface area contributed by atoms with Crippen LogP contribution in [0.2, 0.25) is 5.02 Å². The summed E-state index contributed by atoms with van der Waals surface area (Å²) in [7, 11) is 1.60. The fraction of sp³-hybridized carbons (Fsp3) is 0.353. The van der Waals surface area contributed by atoms with E-state index >= 15 is 0 Å². The molecule has 1 N–H and O–H groups in total. The van der Waals surface area contributed by atoms with Gasteiger partial charge >= 0.3 is 6.03 Å². The zero-order chi connectivity index (χ0) is 18.1. The van der Waals surface area contributed by atoms with Crippen LogP contribution in [0, 0.1) is 5.82 Å². The van der Waals surface area contributed by atoms with Crippen LogP contribution in [0.3, 0.4) is 0 Å². The summed E-state index contributed by atoms with van der Waals surface area (Å²) in [6, 6.07) is 5.00. The van der Waals surface area contributed by atoms with Gasteiger partial charge in [-0.1, -0.05) is 17.7 Å². The van der Waals surface area contributed by atoms with Gasteiger partial charge in [-0.2, -0.15) is 5.10 Å². The lowest BCUT2D eigenvalue weighted by Gasteiger charge is -2.29. The van der Waals surface area contributed by atoms with Crippen LogP contribution in [0.1, 0.15) is 29.8 Å². The lowest BCUT2D eigenvalue weighted by atomic mass is 10.1. The number of aryl methyl sites for hydroxylation is 1. The van der Waals surface area contributed by atoms with Gasteiger partial charge in [0.2, 0.25) is 0 Å².